The minimum atomic E-state index is -4.53. The van der Waals surface area contributed by atoms with Crippen molar-refractivity contribution in [3.05, 3.63) is 70.9 Å². The van der Waals surface area contributed by atoms with Gasteiger partial charge >= 0.3 is 6.18 Å². The predicted octanol–water partition coefficient (Wildman–Crippen LogP) is 3.70. The summed E-state index contributed by atoms with van der Waals surface area (Å²) in [7, 11) is 0. The number of Topliss-reactive ketones (excluding diaryl/α,β-unsaturated/α-hetero) is 1. The highest BCUT2D eigenvalue weighted by molar-refractivity contribution is 6.43. The summed E-state index contributed by atoms with van der Waals surface area (Å²) < 4.78 is 45.7. The SMILES string of the molecule is Cc1nn(-c2cccc(C(F)(F)F)c2)c(C)c1C(=O)C(=O)NC1CCN(C(=O)c2ccco2)CC1. The number of amides is 2. The summed E-state index contributed by atoms with van der Waals surface area (Å²) in [5, 5.41) is 6.91. The lowest BCUT2D eigenvalue weighted by molar-refractivity contribution is -0.137. The number of hydrogen-bond acceptors (Lipinski definition) is 5. The van der Waals surface area contributed by atoms with E-state index in [1.807, 2.05) is 0 Å². The molecule has 0 atom stereocenters. The first-order chi connectivity index (χ1) is 16.6. The smallest absolute Gasteiger partial charge is 0.416 e. The van der Waals surface area contributed by atoms with Gasteiger partial charge in [-0.3, -0.25) is 14.4 Å². The van der Waals surface area contributed by atoms with Gasteiger partial charge in [0, 0.05) is 19.1 Å². The number of nitrogens with zero attached hydrogens (tertiary/aromatic N) is 3. The van der Waals surface area contributed by atoms with Crippen LogP contribution in [-0.2, 0) is 11.0 Å². The lowest BCUT2D eigenvalue weighted by atomic mass is 10.0. The summed E-state index contributed by atoms with van der Waals surface area (Å²) in [4.78, 5) is 39.6. The molecular weight excluding hydrogens is 465 g/mol. The molecule has 3 heterocycles. The Morgan fingerprint density at radius 3 is 2.43 bits per heavy atom. The maximum Gasteiger partial charge on any atom is 0.416 e. The molecule has 0 bridgehead atoms. The van der Waals surface area contributed by atoms with Crippen molar-refractivity contribution in [3.8, 4) is 5.69 Å². The number of ketones is 1. The number of furan rings is 1. The van der Waals surface area contributed by atoms with E-state index in [-0.39, 0.29) is 40.3 Å². The molecule has 11 heteroatoms. The molecule has 2 aromatic heterocycles. The zero-order chi connectivity index (χ0) is 25.3. The average molecular weight is 488 g/mol. The van der Waals surface area contributed by atoms with Gasteiger partial charge in [-0.1, -0.05) is 6.07 Å². The number of carbonyl (C=O) groups is 3. The molecule has 1 N–H and O–H groups in total. The predicted molar refractivity (Wildman–Crippen MR) is 118 cm³/mol. The van der Waals surface area contributed by atoms with Gasteiger partial charge in [-0.25, -0.2) is 4.68 Å². The molecule has 0 spiro atoms. The fourth-order valence-electron chi connectivity index (χ4n) is 4.18. The van der Waals surface area contributed by atoms with Crippen LogP contribution in [-0.4, -0.2) is 51.4 Å². The third-order valence-electron chi connectivity index (χ3n) is 5.99. The highest BCUT2D eigenvalue weighted by Crippen LogP contribution is 2.31. The maximum atomic E-state index is 13.1. The second kappa shape index (κ2) is 9.40. The highest BCUT2D eigenvalue weighted by Gasteiger charge is 2.32. The molecule has 0 radical (unpaired) electrons. The van der Waals surface area contributed by atoms with Gasteiger partial charge in [0.2, 0.25) is 0 Å². The molecular formula is C24H23F3N4O4. The van der Waals surface area contributed by atoms with Crippen molar-refractivity contribution in [2.75, 3.05) is 13.1 Å². The van der Waals surface area contributed by atoms with Gasteiger partial charge in [0.1, 0.15) is 0 Å². The average Bonchev–Trinajstić information content (AvgIpc) is 3.46. The number of hydrogen-bond donors (Lipinski definition) is 1. The summed E-state index contributed by atoms with van der Waals surface area (Å²) in [6, 6.07) is 7.50. The summed E-state index contributed by atoms with van der Waals surface area (Å²) in [5.41, 5.74) is -0.163. The minimum Gasteiger partial charge on any atom is -0.459 e. The van der Waals surface area contributed by atoms with Crippen molar-refractivity contribution in [2.24, 2.45) is 0 Å². The van der Waals surface area contributed by atoms with Crippen molar-refractivity contribution in [2.45, 2.75) is 38.9 Å². The van der Waals surface area contributed by atoms with E-state index in [9.17, 15) is 27.6 Å². The number of benzene rings is 1. The molecule has 2 amide bonds. The van der Waals surface area contributed by atoms with Gasteiger partial charge in [-0.15, -0.1) is 0 Å². The Kier molecular flexibility index (Phi) is 6.51. The van der Waals surface area contributed by atoms with E-state index in [0.717, 1.165) is 12.1 Å². The number of alkyl halides is 3. The van der Waals surface area contributed by atoms with Crippen LogP contribution in [0.5, 0.6) is 0 Å². The van der Waals surface area contributed by atoms with E-state index in [4.69, 9.17) is 4.42 Å². The molecule has 1 fully saturated rings. The van der Waals surface area contributed by atoms with Crippen molar-refractivity contribution in [1.29, 1.82) is 0 Å². The van der Waals surface area contributed by atoms with Crippen LogP contribution in [0.15, 0.2) is 47.1 Å². The van der Waals surface area contributed by atoms with Gasteiger partial charge in [0.25, 0.3) is 17.6 Å². The normalized spacial score (nSPS) is 14.7. The summed E-state index contributed by atoms with van der Waals surface area (Å²) >= 11 is 0. The van der Waals surface area contributed by atoms with Crippen LogP contribution in [0.4, 0.5) is 13.2 Å². The van der Waals surface area contributed by atoms with Crippen molar-refractivity contribution in [1.82, 2.24) is 20.0 Å². The Bertz CT molecular complexity index is 1260. The summed E-state index contributed by atoms with van der Waals surface area (Å²) in [5.74, 6) is -1.63. The van der Waals surface area contributed by atoms with Crippen LogP contribution in [0, 0.1) is 13.8 Å². The van der Waals surface area contributed by atoms with Gasteiger partial charge in [0.05, 0.1) is 34.5 Å². The molecule has 0 unspecified atom stereocenters. The van der Waals surface area contributed by atoms with E-state index in [1.165, 1.54) is 36.9 Å². The molecule has 1 saturated heterocycles. The molecule has 3 aromatic rings. The molecule has 0 saturated carbocycles. The number of carbonyl (C=O) groups excluding carboxylic acids is 3. The Morgan fingerprint density at radius 2 is 1.80 bits per heavy atom. The van der Waals surface area contributed by atoms with Crippen molar-refractivity contribution in [3.63, 3.8) is 0 Å². The topological polar surface area (TPSA) is 97.4 Å². The van der Waals surface area contributed by atoms with Crippen LogP contribution in [0.1, 0.15) is 50.7 Å². The molecule has 0 aliphatic carbocycles. The van der Waals surface area contributed by atoms with E-state index in [0.29, 0.717) is 25.9 Å². The Balaban J connectivity index is 1.43. The Hall–Kier alpha value is -3.89. The molecule has 1 aromatic carbocycles. The third-order valence-corrected chi connectivity index (χ3v) is 5.99. The van der Waals surface area contributed by atoms with E-state index < -0.39 is 23.4 Å². The van der Waals surface area contributed by atoms with Gasteiger partial charge in [-0.05, 0) is 57.0 Å². The third kappa shape index (κ3) is 4.98. The molecule has 4 rings (SSSR count). The zero-order valence-electron chi connectivity index (χ0n) is 19.1. The molecule has 1 aliphatic heterocycles. The number of rotatable bonds is 5. The number of aromatic nitrogens is 2. The summed E-state index contributed by atoms with van der Waals surface area (Å²) in [6.45, 7) is 3.84. The van der Waals surface area contributed by atoms with Crippen LogP contribution < -0.4 is 5.32 Å². The van der Waals surface area contributed by atoms with Gasteiger partial charge < -0.3 is 14.6 Å². The fourth-order valence-corrected chi connectivity index (χ4v) is 4.18. The highest BCUT2D eigenvalue weighted by atomic mass is 19.4. The number of halogens is 3. The first-order valence-electron chi connectivity index (χ1n) is 11.0. The van der Waals surface area contributed by atoms with E-state index in [2.05, 4.69) is 10.4 Å². The molecule has 184 valence electrons. The second-order valence-corrected chi connectivity index (χ2v) is 8.35. The number of likely N-dealkylation sites (tertiary alicyclic amines) is 1. The first kappa shape index (κ1) is 24.2. The maximum absolute atomic E-state index is 13.1. The van der Waals surface area contributed by atoms with E-state index >= 15 is 0 Å². The molecule has 1 aliphatic rings. The van der Waals surface area contributed by atoms with Crippen molar-refractivity contribution < 1.29 is 32.0 Å². The quantitative estimate of drug-likeness (QED) is 0.436. The van der Waals surface area contributed by atoms with Gasteiger partial charge in [0.15, 0.2) is 5.76 Å². The number of aryl methyl sites for hydroxylation is 1. The molecule has 8 nitrogen and oxygen atoms in total. The van der Waals surface area contributed by atoms with Crippen LogP contribution in [0.25, 0.3) is 5.69 Å². The summed E-state index contributed by atoms with van der Waals surface area (Å²) in [6.07, 6.45) is -2.17. The number of piperidine rings is 1. The van der Waals surface area contributed by atoms with Crippen molar-refractivity contribution >= 4 is 17.6 Å². The number of nitrogens with one attached hydrogen (secondary N) is 1. The monoisotopic (exact) mass is 488 g/mol. The largest absolute Gasteiger partial charge is 0.459 e. The van der Waals surface area contributed by atoms with Crippen LogP contribution in [0.3, 0.4) is 0 Å². The standard InChI is InChI=1S/C24H23F3N4O4/c1-14-20(15(2)31(29-14)18-6-3-5-16(13-18)24(25,26)27)21(32)22(33)28-17-8-10-30(11-9-17)23(34)19-7-4-12-35-19/h3-7,12-13,17H,8-11H2,1-2H3,(H,28,33). The Morgan fingerprint density at radius 1 is 1.09 bits per heavy atom. The molecule has 35 heavy (non-hydrogen) atoms. The first-order valence-corrected chi connectivity index (χ1v) is 11.0. The minimum absolute atomic E-state index is 0.0466. The van der Waals surface area contributed by atoms with Crippen LogP contribution in [0.2, 0.25) is 0 Å². The Labute approximate surface area is 198 Å². The van der Waals surface area contributed by atoms with Crippen LogP contribution >= 0.6 is 0 Å². The fraction of sp³-hybridized carbons (Fsp3) is 0.333. The lowest BCUT2D eigenvalue weighted by Crippen LogP contribution is -2.48. The zero-order valence-corrected chi connectivity index (χ0v) is 19.1. The van der Waals surface area contributed by atoms with E-state index in [1.54, 1.807) is 17.0 Å². The van der Waals surface area contributed by atoms with Gasteiger partial charge in [-0.2, -0.15) is 18.3 Å². The second-order valence-electron chi connectivity index (χ2n) is 8.35. The lowest BCUT2D eigenvalue weighted by Gasteiger charge is -2.31.